The summed E-state index contributed by atoms with van der Waals surface area (Å²) in [6.45, 7) is 10.9. The summed E-state index contributed by atoms with van der Waals surface area (Å²) in [5.41, 5.74) is 1.99. The summed E-state index contributed by atoms with van der Waals surface area (Å²) in [4.78, 5) is 14.8. The predicted octanol–water partition coefficient (Wildman–Crippen LogP) is 3.64. The fraction of sp³-hybridized carbons (Fsp3) is 0.286. The van der Waals surface area contributed by atoms with Gasteiger partial charge in [0.25, 0.3) is 5.91 Å². The van der Waals surface area contributed by atoms with Gasteiger partial charge >= 0.3 is 0 Å². The van der Waals surface area contributed by atoms with Gasteiger partial charge in [0.05, 0.1) is 4.90 Å². The van der Waals surface area contributed by atoms with Crippen LogP contribution >= 0.6 is 0 Å². The number of benzene rings is 2. The summed E-state index contributed by atoms with van der Waals surface area (Å²) < 4.78 is 26.8. The van der Waals surface area contributed by atoms with E-state index >= 15 is 0 Å². The normalized spacial score (nSPS) is 11.3. The molecule has 0 aliphatic rings. The van der Waals surface area contributed by atoms with Gasteiger partial charge in [-0.05, 0) is 63.2 Å². The molecule has 0 saturated carbocycles. The smallest absolute Gasteiger partial charge is 0.255 e. The lowest BCUT2D eigenvalue weighted by atomic mass is 10.2. The van der Waals surface area contributed by atoms with E-state index in [0.29, 0.717) is 11.7 Å². The quantitative estimate of drug-likeness (QED) is 0.629. The molecule has 6 nitrogen and oxygen atoms in total. The monoisotopic (exact) mass is 401 g/mol. The van der Waals surface area contributed by atoms with Crippen LogP contribution in [0.5, 0.6) is 0 Å². The summed E-state index contributed by atoms with van der Waals surface area (Å²) in [7, 11) is -3.68. The van der Waals surface area contributed by atoms with E-state index in [1.54, 1.807) is 12.1 Å². The molecule has 0 bridgehead atoms. The molecule has 0 aliphatic heterocycles. The Kier molecular flexibility index (Phi) is 7.37. The van der Waals surface area contributed by atoms with E-state index in [0.717, 1.165) is 12.2 Å². The second kappa shape index (κ2) is 9.52. The van der Waals surface area contributed by atoms with Gasteiger partial charge in [-0.15, -0.1) is 6.58 Å². The Bertz CT molecular complexity index is 922. The molecule has 28 heavy (non-hydrogen) atoms. The van der Waals surface area contributed by atoms with E-state index < -0.39 is 10.0 Å². The van der Waals surface area contributed by atoms with E-state index in [2.05, 4.69) is 42.3 Å². The fourth-order valence-corrected chi connectivity index (χ4v) is 3.89. The van der Waals surface area contributed by atoms with Crippen molar-refractivity contribution in [1.82, 2.24) is 4.72 Å². The van der Waals surface area contributed by atoms with Gasteiger partial charge in [-0.1, -0.05) is 12.1 Å². The van der Waals surface area contributed by atoms with Crippen molar-refractivity contribution < 1.29 is 13.2 Å². The van der Waals surface area contributed by atoms with Crippen molar-refractivity contribution in [3.8, 4) is 0 Å². The number of hydrogen-bond donors (Lipinski definition) is 2. The van der Waals surface area contributed by atoms with Crippen LogP contribution in [0, 0.1) is 0 Å². The molecule has 7 heteroatoms. The van der Waals surface area contributed by atoms with Crippen LogP contribution in [-0.4, -0.2) is 33.5 Å². The minimum Gasteiger partial charge on any atom is -0.369 e. The highest BCUT2D eigenvalue weighted by molar-refractivity contribution is 7.89. The predicted molar refractivity (Wildman–Crippen MR) is 114 cm³/mol. The largest absolute Gasteiger partial charge is 0.369 e. The van der Waals surface area contributed by atoms with Gasteiger partial charge < -0.3 is 10.2 Å². The van der Waals surface area contributed by atoms with Crippen LogP contribution in [0.3, 0.4) is 0 Å². The van der Waals surface area contributed by atoms with Gasteiger partial charge in [0.2, 0.25) is 10.0 Å². The Balaban J connectivity index is 2.15. The molecule has 0 aromatic heterocycles. The number of hydrogen-bond acceptors (Lipinski definition) is 4. The molecule has 0 heterocycles. The molecule has 0 atom stereocenters. The van der Waals surface area contributed by atoms with Gasteiger partial charge in [0.1, 0.15) is 0 Å². The van der Waals surface area contributed by atoms with Crippen molar-refractivity contribution in [2.24, 2.45) is 0 Å². The lowest BCUT2D eigenvalue weighted by molar-refractivity contribution is 0.102. The molecule has 0 unspecified atom stereocenters. The number of carbonyl (C=O) groups excluding carboxylic acids is 1. The lowest BCUT2D eigenvalue weighted by Crippen LogP contribution is -2.30. The molecule has 2 aromatic rings. The summed E-state index contributed by atoms with van der Waals surface area (Å²) in [5.74, 6) is -0.371. The average molecular weight is 402 g/mol. The third kappa shape index (κ3) is 5.43. The highest BCUT2D eigenvalue weighted by Crippen LogP contribution is 2.20. The number of nitrogens with one attached hydrogen (secondary N) is 2. The van der Waals surface area contributed by atoms with Crippen LogP contribution < -0.4 is 14.9 Å². The van der Waals surface area contributed by atoms with Crippen molar-refractivity contribution in [3.63, 3.8) is 0 Å². The maximum atomic E-state index is 12.5. The number of carbonyl (C=O) groups is 1. The Labute approximate surface area is 167 Å². The average Bonchev–Trinajstić information content (AvgIpc) is 2.68. The molecule has 2 N–H and O–H groups in total. The van der Waals surface area contributed by atoms with Crippen LogP contribution in [0.1, 0.15) is 31.1 Å². The van der Waals surface area contributed by atoms with Crippen molar-refractivity contribution in [2.75, 3.05) is 23.3 Å². The van der Waals surface area contributed by atoms with Gasteiger partial charge in [-0.25, -0.2) is 13.1 Å². The molecule has 0 aliphatic carbocycles. The number of rotatable bonds is 9. The zero-order valence-corrected chi connectivity index (χ0v) is 17.3. The van der Waals surface area contributed by atoms with Crippen LogP contribution in [0.2, 0.25) is 0 Å². The van der Waals surface area contributed by atoms with Gasteiger partial charge in [-0.2, -0.15) is 0 Å². The van der Waals surface area contributed by atoms with Crippen LogP contribution in [-0.2, 0) is 10.0 Å². The zero-order valence-electron chi connectivity index (χ0n) is 16.5. The number of amides is 1. The van der Waals surface area contributed by atoms with E-state index in [1.807, 2.05) is 24.3 Å². The molecule has 150 valence electrons. The van der Waals surface area contributed by atoms with Gasteiger partial charge in [0.15, 0.2) is 0 Å². The lowest BCUT2D eigenvalue weighted by Gasteiger charge is -2.27. The van der Waals surface area contributed by atoms with Crippen LogP contribution in [0.25, 0.3) is 0 Å². The molecular weight excluding hydrogens is 374 g/mol. The molecule has 0 spiro atoms. The van der Waals surface area contributed by atoms with E-state index in [1.165, 1.54) is 18.2 Å². The number of sulfonamides is 1. The summed E-state index contributed by atoms with van der Waals surface area (Å²) in [6, 6.07) is 13.9. The van der Waals surface area contributed by atoms with Gasteiger partial charge in [-0.3, -0.25) is 4.79 Å². The molecule has 0 radical (unpaired) electrons. The zero-order chi connectivity index (χ0) is 20.7. The van der Waals surface area contributed by atoms with Crippen molar-refractivity contribution in [1.29, 1.82) is 0 Å². The summed E-state index contributed by atoms with van der Waals surface area (Å²) >= 11 is 0. The number of nitrogens with zero attached hydrogens (tertiary/aromatic N) is 1. The Morgan fingerprint density at radius 1 is 1.18 bits per heavy atom. The number of anilines is 2. The molecular formula is C21H27N3O3S. The third-order valence-corrected chi connectivity index (χ3v) is 5.67. The SMILES string of the molecule is C=CCNS(=O)(=O)c1cccc(C(=O)Nc2ccc(N(CC)C(C)C)cc2)c1. The maximum absolute atomic E-state index is 12.5. The Morgan fingerprint density at radius 3 is 2.43 bits per heavy atom. The minimum atomic E-state index is -3.68. The topological polar surface area (TPSA) is 78.5 Å². The van der Waals surface area contributed by atoms with Crippen LogP contribution in [0.4, 0.5) is 11.4 Å². The second-order valence-electron chi connectivity index (χ2n) is 6.55. The molecule has 1 amide bonds. The van der Waals surface area contributed by atoms with Crippen molar-refractivity contribution in [3.05, 3.63) is 66.7 Å². The molecule has 0 saturated heterocycles. The van der Waals surface area contributed by atoms with Gasteiger partial charge in [0, 0.05) is 36.1 Å². The minimum absolute atomic E-state index is 0.0351. The third-order valence-electron chi connectivity index (χ3n) is 4.25. The first-order valence-electron chi connectivity index (χ1n) is 9.17. The fourth-order valence-electron chi connectivity index (χ4n) is 2.84. The first kappa shape index (κ1) is 21.7. The summed E-state index contributed by atoms with van der Waals surface area (Å²) in [5, 5.41) is 2.80. The standard InChI is InChI=1S/C21H27N3O3S/c1-5-14-22-28(26,27)20-9-7-8-17(15-20)21(25)23-18-10-12-19(13-11-18)24(6-2)16(3)4/h5,7-13,15-16,22H,1,6,14H2,2-4H3,(H,23,25). The summed E-state index contributed by atoms with van der Waals surface area (Å²) in [6.07, 6.45) is 1.46. The van der Waals surface area contributed by atoms with E-state index in [9.17, 15) is 13.2 Å². The molecule has 0 fully saturated rings. The first-order chi connectivity index (χ1) is 13.3. The second-order valence-corrected chi connectivity index (χ2v) is 8.32. The van der Waals surface area contributed by atoms with Crippen LogP contribution in [0.15, 0.2) is 66.1 Å². The first-order valence-corrected chi connectivity index (χ1v) is 10.7. The Hall–Kier alpha value is -2.64. The van der Waals surface area contributed by atoms with E-state index in [-0.39, 0.29) is 22.9 Å². The molecule has 2 aromatic carbocycles. The van der Waals surface area contributed by atoms with E-state index in [4.69, 9.17) is 0 Å². The Morgan fingerprint density at radius 2 is 1.86 bits per heavy atom. The highest BCUT2D eigenvalue weighted by Gasteiger charge is 2.16. The van der Waals surface area contributed by atoms with Crippen molar-refractivity contribution in [2.45, 2.75) is 31.7 Å². The maximum Gasteiger partial charge on any atom is 0.255 e. The highest BCUT2D eigenvalue weighted by atomic mass is 32.2. The van der Waals surface area contributed by atoms with Crippen molar-refractivity contribution >= 4 is 27.3 Å². The molecule has 2 rings (SSSR count).